The predicted molar refractivity (Wildman–Crippen MR) is 62.1 cm³/mol. The van der Waals surface area contributed by atoms with Gasteiger partial charge in [-0.05, 0) is 28.8 Å². The topological polar surface area (TPSA) is 55.3 Å². The van der Waals surface area contributed by atoms with Crippen LogP contribution in [0.25, 0.3) is 0 Å². The van der Waals surface area contributed by atoms with Crippen LogP contribution in [0.2, 0.25) is 0 Å². The normalized spacial score (nSPS) is 19.9. The summed E-state index contributed by atoms with van der Waals surface area (Å²) in [6.45, 7) is 0.793. The van der Waals surface area contributed by atoms with Gasteiger partial charge < -0.3 is 9.64 Å². The minimum absolute atomic E-state index is 0.219. The second-order valence-electron chi connectivity index (χ2n) is 3.58. The van der Waals surface area contributed by atoms with Crippen molar-refractivity contribution in [3.05, 3.63) is 16.9 Å². The van der Waals surface area contributed by atoms with E-state index in [0.717, 1.165) is 23.9 Å². The smallest absolute Gasteiger partial charge is 0.328 e. The van der Waals surface area contributed by atoms with Crippen LogP contribution in [-0.2, 0) is 9.53 Å². The average Bonchev–Trinajstić information content (AvgIpc) is 2.78. The van der Waals surface area contributed by atoms with Gasteiger partial charge in [0.2, 0.25) is 5.95 Å². The van der Waals surface area contributed by atoms with E-state index in [-0.39, 0.29) is 12.0 Å². The van der Waals surface area contributed by atoms with Crippen molar-refractivity contribution in [1.82, 2.24) is 9.97 Å². The molecule has 0 N–H and O–H groups in total. The van der Waals surface area contributed by atoms with Gasteiger partial charge in [-0.1, -0.05) is 0 Å². The van der Waals surface area contributed by atoms with Crippen LogP contribution in [0.3, 0.4) is 0 Å². The Labute approximate surface area is 102 Å². The molecule has 1 aliphatic rings. The lowest BCUT2D eigenvalue weighted by Gasteiger charge is -2.22. The minimum Gasteiger partial charge on any atom is -0.467 e. The zero-order valence-electron chi connectivity index (χ0n) is 8.89. The lowest BCUT2D eigenvalue weighted by molar-refractivity contribution is -0.141. The second kappa shape index (κ2) is 4.78. The molecule has 1 fully saturated rings. The third-order valence-corrected chi connectivity index (χ3v) is 3.00. The summed E-state index contributed by atoms with van der Waals surface area (Å²) in [5.41, 5.74) is 0. The number of rotatable bonds is 2. The third-order valence-electron chi connectivity index (χ3n) is 2.59. The van der Waals surface area contributed by atoms with Crippen molar-refractivity contribution < 1.29 is 9.53 Å². The molecule has 0 saturated carbocycles. The molecule has 1 aliphatic heterocycles. The van der Waals surface area contributed by atoms with E-state index < -0.39 is 0 Å². The van der Waals surface area contributed by atoms with Gasteiger partial charge in [0.15, 0.2) is 0 Å². The second-order valence-corrected chi connectivity index (χ2v) is 4.49. The Hall–Kier alpha value is -1.17. The Kier molecular flexibility index (Phi) is 3.38. The van der Waals surface area contributed by atoms with Gasteiger partial charge >= 0.3 is 5.97 Å². The van der Waals surface area contributed by atoms with E-state index in [4.69, 9.17) is 4.74 Å². The maximum atomic E-state index is 11.5. The van der Waals surface area contributed by atoms with Crippen LogP contribution in [-0.4, -0.2) is 35.6 Å². The molecule has 0 aliphatic carbocycles. The van der Waals surface area contributed by atoms with Gasteiger partial charge in [0, 0.05) is 18.9 Å². The predicted octanol–water partition coefficient (Wildman–Crippen LogP) is 1.38. The maximum Gasteiger partial charge on any atom is 0.328 e. The molecule has 1 aromatic heterocycles. The van der Waals surface area contributed by atoms with E-state index in [9.17, 15) is 4.79 Å². The van der Waals surface area contributed by atoms with Crippen LogP contribution in [0.15, 0.2) is 16.9 Å². The number of anilines is 1. The van der Waals surface area contributed by atoms with E-state index >= 15 is 0 Å². The lowest BCUT2D eigenvalue weighted by atomic mass is 10.2. The molecule has 0 radical (unpaired) electrons. The third kappa shape index (κ3) is 2.16. The lowest BCUT2D eigenvalue weighted by Crippen LogP contribution is -2.37. The van der Waals surface area contributed by atoms with Crippen LogP contribution in [0.5, 0.6) is 0 Å². The highest BCUT2D eigenvalue weighted by Crippen LogP contribution is 2.23. The van der Waals surface area contributed by atoms with Crippen molar-refractivity contribution in [2.24, 2.45) is 0 Å². The highest BCUT2D eigenvalue weighted by molar-refractivity contribution is 9.10. The number of nitrogens with zero attached hydrogens (tertiary/aromatic N) is 3. The first kappa shape index (κ1) is 11.3. The quantitative estimate of drug-likeness (QED) is 0.769. The summed E-state index contributed by atoms with van der Waals surface area (Å²) in [4.78, 5) is 21.8. The number of hydrogen-bond acceptors (Lipinski definition) is 5. The molecule has 0 spiro atoms. The van der Waals surface area contributed by atoms with Crippen molar-refractivity contribution in [2.75, 3.05) is 18.6 Å². The fourth-order valence-corrected chi connectivity index (χ4v) is 2.05. The fraction of sp³-hybridized carbons (Fsp3) is 0.500. The maximum absolute atomic E-state index is 11.5. The van der Waals surface area contributed by atoms with Crippen molar-refractivity contribution in [1.29, 1.82) is 0 Å². The van der Waals surface area contributed by atoms with Crippen molar-refractivity contribution >= 4 is 27.8 Å². The number of halogens is 1. The molecule has 2 heterocycles. The van der Waals surface area contributed by atoms with Gasteiger partial charge in [0.25, 0.3) is 0 Å². The Bertz CT molecular complexity index is 382. The number of ether oxygens (including phenoxy) is 1. The molecule has 16 heavy (non-hydrogen) atoms. The Morgan fingerprint density at radius 3 is 2.88 bits per heavy atom. The van der Waals surface area contributed by atoms with Gasteiger partial charge in [-0.3, -0.25) is 0 Å². The Morgan fingerprint density at radius 1 is 1.56 bits per heavy atom. The van der Waals surface area contributed by atoms with E-state index in [1.807, 2.05) is 4.90 Å². The van der Waals surface area contributed by atoms with Crippen LogP contribution in [0.1, 0.15) is 12.8 Å². The van der Waals surface area contributed by atoms with Gasteiger partial charge in [0.1, 0.15) is 6.04 Å². The van der Waals surface area contributed by atoms with Crippen molar-refractivity contribution in [2.45, 2.75) is 18.9 Å². The standard InChI is InChI=1S/C10H12BrN3O2/c1-16-9(15)8-3-2-4-14(8)10-12-5-7(11)6-13-10/h5-6,8H,2-4H2,1H3. The summed E-state index contributed by atoms with van der Waals surface area (Å²) in [5.74, 6) is 0.361. The number of methoxy groups -OCH3 is 1. The van der Waals surface area contributed by atoms with E-state index in [1.54, 1.807) is 12.4 Å². The van der Waals surface area contributed by atoms with E-state index in [1.165, 1.54) is 7.11 Å². The minimum atomic E-state index is -0.244. The summed E-state index contributed by atoms with van der Waals surface area (Å²) in [6.07, 6.45) is 5.11. The summed E-state index contributed by atoms with van der Waals surface area (Å²) in [7, 11) is 1.40. The molecule has 86 valence electrons. The zero-order chi connectivity index (χ0) is 11.5. The van der Waals surface area contributed by atoms with E-state index in [0.29, 0.717) is 5.95 Å². The van der Waals surface area contributed by atoms with Crippen LogP contribution < -0.4 is 4.90 Å². The molecule has 0 amide bonds. The molecular weight excluding hydrogens is 274 g/mol. The summed E-state index contributed by atoms with van der Waals surface area (Å²) in [5, 5.41) is 0. The molecule has 5 nitrogen and oxygen atoms in total. The van der Waals surface area contributed by atoms with Gasteiger partial charge in [-0.2, -0.15) is 0 Å². The Balaban J connectivity index is 2.19. The molecule has 1 unspecified atom stereocenters. The molecule has 0 aromatic carbocycles. The first-order chi connectivity index (χ1) is 7.72. The summed E-state index contributed by atoms with van der Waals surface area (Å²) >= 11 is 3.28. The van der Waals surface area contributed by atoms with Gasteiger partial charge in [-0.25, -0.2) is 14.8 Å². The molecular formula is C10H12BrN3O2. The highest BCUT2D eigenvalue weighted by Gasteiger charge is 2.33. The van der Waals surface area contributed by atoms with Crippen molar-refractivity contribution in [3.8, 4) is 0 Å². The fourth-order valence-electron chi connectivity index (χ4n) is 1.84. The Morgan fingerprint density at radius 2 is 2.25 bits per heavy atom. The van der Waals surface area contributed by atoms with Gasteiger partial charge in [-0.15, -0.1) is 0 Å². The number of carbonyl (C=O) groups excluding carboxylic acids is 1. The van der Waals surface area contributed by atoms with E-state index in [2.05, 4.69) is 25.9 Å². The highest BCUT2D eigenvalue weighted by atomic mass is 79.9. The summed E-state index contributed by atoms with van der Waals surface area (Å²) in [6, 6.07) is -0.244. The molecule has 6 heteroatoms. The summed E-state index contributed by atoms with van der Waals surface area (Å²) < 4.78 is 5.59. The molecule has 1 saturated heterocycles. The van der Waals surface area contributed by atoms with Gasteiger partial charge in [0.05, 0.1) is 11.6 Å². The molecule has 1 atom stereocenters. The number of hydrogen-bond donors (Lipinski definition) is 0. The zero-order valence-corrected chi connectivity index (χ0v) is 10.5. The first-order valence-electron chi connectivity index (χ1n) is 5.04. The molecule has 2 rings (SSSR count). The van der Waals surface area contributed by atoms with Crippen LogP contribution in [0.4, 0.5) is 5.95 Å². The monoisotopic (exact) mass is 285 g/mol. The average molecular weight is 286 g/mol. The molecule has 0 bridgehead atoms. The number of aromatic nitrogens is 2. The number of esters is 1. The van der Waals surface area contributed by atoms with Crippen molar-refractivity contribution in [3.63, 3.8) is 0 Å². The molecule has 1 aromatic rings. The SMILES string of the molecule is COC(=O)C1CCCN1c1ncc(Br)cn1. The first-order valence-corrected chi connectivity index (χ1v) is 5.83. The van der Waals surface area contributed by atoms with Crippen LogP contribution >= 0.6 is 15.9 Å². The van der Waals surface area contributed by atoms with Crippen LogP contribution in [0, 0.1) is 0 Å². The largest absolute Gasteiger partial charge is 0.467 e. The number of carbonyl (C=O) groups is 1.